The molecule has 7 heteroatoms. The van der Waals surface area contributed by atoms with E-state index in [9.17, 15) is 4.79 Å². The molecule has 0 bridgehead atoms. The lowest BCUT2D eigenvalue weighted by Gasteiger charge is -2.26. The average Bonchev–Trinajstić information content (AvgIpc) is 2.68. The topological polar surface area (TPSA) is 79.4 Å². The first kappa shape index (κ1) is 17.3. The van der Waals surface area contributed by atoms with E-state index in [4.69, 9.17) is 4.74 Å². The fraction of sp³-hybridized carbons (Fsp3) is 0.389. The second kappa shape index (κ2) is 9.10. The van der Waals surface area contributed by atoms with Gasteiger partial charge in [-0.2, -0.15) is 0 Å². The molecule has 132 valence electrons. The van der Waals surface area contributed by atoms with E-state index in [-0.39, 0.29) is 5.91 Å². The highest BCUT2D eigenvalue weighted by Crippen LogP contribution is 2.08. The number of ether oxygens (including phenoxy) is 1. The molecular formula is C18H23N5O2. The molecule has 2 aromatic heterocycles. The van der Waals surface area contributed by atoms with Crippen molar-refractivity contribution in [3.05, 3.63) is 54.1 Å². The van der Waals surface area contributed by atoms with Gasteiger partial charge in [-0.25, -0.2) is 4.98 Å². The quantitative estimate of drug-likeness (QED) is 0.786. The van der Waals surface area contributed by atoms with Gasteiger partial charge in [-0.3, -0.25) is 14.7 Å². The molecule has 0 aromatic carbocycles. The van der Waals surface area contributed by atoms with Crippen LogP contribution in [0.2, 0.25) is 0 Å². The Labute approximate surface area is 147 Å². The zero-order chi connectivity index (χ0) is 17.3. The summed E-state index contributed by atoms with van der Waals surface area (Å²) in [6.45, 7) is 5.52. The van der Waals surface area contributed by atoms with E-state index in [1.54, 1.807) is 24.7 Å². The van der Waals surface area contributed by atoms with Crippen LogP contribution in [0.15, 0.2) is 42.9 Å². The summed E-state index contributed by atoms with van der Waals surface area (Å²) in [6.07, 6.45) is 5.21. The third-order valence-corrected chi connectivity index (χ3v) is 4.06. The maximum absolute atomic E-state index is 12.1. The van der Waals surface area contributed by atoms with Crippen LogP contribution in [0.1, 0.15) is 16.1 Å². The van der Waals surface area contributed by atoms with E-state index in [0.717, 1.165) is 44.1 Å². The van der Waals surface area contributed by atoms with Crippen molar-refractivity contribution in [2.45, 2.75) is 6.54 Å². The smallest absolute Gasteiger partial charge is 0.269 e. The molecule has 1 saturated heterocycles. The van der Waals surface area contributed by atoms with Crippen molar-refractivity contribution in [3.8, 4) is 0 Å². The maximum atomic E-state index is 12.1. The lowest BCUT2D eigenvalue weighted by molar-refractivity contribution is 0.0383. The van der Waals surface area contributed by atoms with Crippen LogP contribution in [0.25, 0.3) is 0 Å². The molecule has 1 aliphatic heterocycles. The predicted octanol–water partition coefficient (Wildman–Crippen LogP) is 1.15. The Kier molecular flexibility index (Phi) is 6.30. The zero-order valence-corrected chi connectivity index (χ0v) is 14.1. The van der Waals surface area contributed by atoms with Gasteiger partial charge in [0.2, 0.25) is 0 Å². The van der Waals surface area contributed by atoms with Gasteiger partial charge in [-0.15, -0.1) is 0 Å². The molecule has 2 N–H and O–H groups in total. The van der Waals surface area contributed by atoms with Crippen molar-refractivity contribution in [3.63, 3.8) is 0 Å². The number of rotatable bonds is 7. The molecule has 0 unspecified atom stereocenters. The molecule has 0 aliphatic carbocycles. The van der Waals surface area contributed by atoms with E-state index in [1.807, 2.05) is 18.2 Å². The molecule has 0 saturated carbocycles. The van der Waals surface area contributed by atoms with Crippen LogP contribution in [0.5, 0.6) is 0 Å². The van der Waals surface area contributed by atoms with Crippen molar-refractivity contribution in [1.82, 2.24) is 20.2 Å². The number of pyridine rings is 2. The Hall–Kier alpha value is -2.51. The number of amides is 1. The van der Waals surface area contributed by atoms with Crippen LogP contribution in [-0.4, -0.2) is 60.2 Å². The van der Waals surface area contributed by atoms with Crippen molar-refractivity contribution in [1.29, 1.82) is 0 Å². The molecule has 2 aromatic rings. The summed E-state index contributed by atoms with van der Waals surface area (Å²) in [5, 5.41) is 6.19. The van der Waals surface area contributed by atoms with Gasteiger partial charge in [0.15, 0.2) is 0 Å². The Bertz CT molecular complexity index is 657. The molecule has 7 nitrogen and oxygen atoms in total. The normalized spacial score (nSPS) is 14.9. The van der Waals surface area contributed by atoms with Gasteiger partial charge in [0.05, 0.1) is 25.1 Å². The summed E-state index contributed by atoms with van der Waals surface area (Å²) >= 11 is 0. The number of carbonyl (C=O) groups is 1. The number of anilines is 1. The van der Waals surface area contributed by atoms with Gasteiger partial charge >= 0.3 is 0 Å². The van der Waals surface area contributed by atoms with Crippen molar-refractivity contribution < 1.29 is 9.53 Å². The van der Waals surface area contributed by atoms with E-state index in [0.29, 0.717) is 18.8 Å². The molecule has 3 rings (SSSR count). The minimum Gasteiger partial charge on any atom is -0.380 e. The maximum Gasteiger partial charge on any atom is 0.269 e. The van der Waals surface area contributed by atoms with Gasteiger partial charge < -0.3 is 15.4 Å². The SMILES string of the molecule is O=C(NCCN1CCOCC1)c1ccc(NCc2ccncc2)cn1. The van der Waals surface area contributed by atoms with Gasteiger partial charge in [-0.05, 0) is 29.8 Å². The molecule has 1 aliphatic rings. The fourth-order valence-corrected chi connectivity index (χ4v) is 2.58. The summed E-state index contributed by atoms with van der Waals surface area (Å²) in [7, 11) is 0. The lowest BCUT2D eigenvalue weighted by Crippen LogP contribution is -2.41. The van der Waals surface area contributed by atoms with Crippen LogP contribution in [0.4, 0.5) is 5.69 Å². The van der Waals surface area contributed by atoms with Crippen molar-refractivity contribution in [2.75, 3.05) is 44.7 Å². The number of hydrogen-bond donors (Lipinski definition) is 2. The van der Waals surface area contributed by atoms with E-state index >= 15 is 0 Å². The summed E-state index contributed by atoms with van der Waals surface area (Å²) < 4.78 is 5.31. The Morgan fingerprint density at radius 3 is 2.68 bits per heavy atom. The monoisotopic (exact) mass is 341 g/mol. The Morgan fingerprint density at radius 2 is 1.96 bits per heavy atom. The summed E-state index contributed by atoms with van der Waals surface area (Å²) in [4.78, 5) is 22.6. The Morgan fingerprint density at radius 1 is 1.16 bits per heavy atom. The number of nitrogens with zero attached hydrogens (tertiary/aromatic N) is 3. The second-order valence-corrected chi connectivity index (χ2v) is 5.85. The third kappa shape index (κ3) is 5.51. The molecule has 25 heavy (non-hydrogen) atoms. The van der Waals surface area contributed by atoms with Gasteiger partial charge in [0, 0.05) is 45.1 Å². The van der Waals surface area contributed by atoms with E-state index < -0.39 is 0 Å². The highest BCUT2D eigenvalue weighted by atomic mass is 16.5. The van der Waals surface area contributed by atoms with Crippen LogP contribution in [0.3, 0.4) is 0 Å². The fourth-order valence-electron chi connectivity index (χ4n) is 2.58. The molecule has 1 fully saturated rings. The van der Waals surface area contributed by atoms with E-state index in [2.05, 4.69) is 25.5 Å². The van der Waals surface area contributed by atoms with Gasteiger partial charge in [0.1, 0.15) is 5.69 Å². The van der Waals surface area contributed by atoms with Gasteiger partial charge in [-0.1, -0.05) is 0 Å². The first-order valence-corrected chi connectivity index (χ1v) is 8.48. The van der Waals surface area contributed by atoms with Crippen LogP contribution in [-0.2, 0) is 11.3 Å². The number of nitrogens with one attached hydrogen (secondary N) is 2. The molecule has 0 spiro atoms. The first-order chi connectivity index (χ1) is 12.3. The lowest BCUT2D eigenvalue weighted by atomic mass is 10.2. The molecule has 0 atom stereocenters. The van der Waals surface area contributed by atoms with E-state index in [1.165, 1.54) is 0 Å². The number of carbonyl (C=O) groups excluding carboxylic acids is 1. The minimum atomic E-state index is -0.144. The van der Waals surface area contributed by atoms with Crippen molar-refractivity contribution >= 4 is 11.6 Å². The van der Waals surface area contributed by atoms with Crippen LogP contribution >= 0.6 is 0 Å². The first-order valence-electron chi connectivity index (χ1n) is 8.48. The molecular weight excluding hydrogens is 318 g/mol. The summed E-state index contributed by atoms with van der Waals surface area (Å²) in [5.74, 6) is -0.144. The summed E-state index contributed by atoms with van der Waals surface area (Å²) in [6, 6.07) is 7.51. The number of hydrogen-bond acceptors (Lipinski definition) is 6. The largest absolute Gasteiger partial charge is 0.380 e. The van der Waals surface area contributed by atoms with Crippen molar-refractivity contribution in [2.24, 2.45) is 0 Å². The highest BCUT2D eigenvalue weighted by molar-refractivity contribution is 5.92. The third-order valence-electron chi connectivity index (χ3n) is 4.06. The second-order valence-electron chi connectivity index (χ2n) is 5.85. The average molecular weight is 341 g/mol. The standard InChI is InChI=1S/C18H23N5O2/c24-18(20-7-8-23-9-11-25-12-10-23)17-2-1-16(14-22-17)21-13-15-3-5-19-6-4-15/h1-6,14,21H,7-13H2,(H,20,24). The summed E-state index contributed by atoms with van der Waals surface area (Å²) in [5.41, 5.74) is 2.44. The van der Waals surface area contributed by atoms with Gasteiger partial charge in [0.25, 0.3) is 5.91 Å². The molecule has 1 amide bonds. The van der Waals surface area contributed by atoms with Crippen LogP contribution in [0, 0.1) is 0 Å². The van der Waals surface area contributed by atoms with Crippen LogP contribution < -0.4 is 10.6 Å². The number of aromatic nitrogens is 2. The zero-order valence-electron chi connectivity index (χ0n) is 14.1. The predicted molar refractivity (Wildman–Crippen MR) is 95.4 cm³/mol. The Balaban J connectivity index is 1.42. The number of morpholine rings is 1. The molecule has 3 heterocycles. The minimum absolute atomic E-state index is 0.144. The molecule has 0 radical (unpaired) electrons. The highest BCUT2D eigenvalue weighted by Gasteiger charge is 2.11.